The molecule has 0 aliphatic heterocycles. The van der Waals surface area contributed by atoms with Gasteiger partial charge in [0, 0.05) is 61.6 Å². The molecule has 5 heteroatoms. The van der Waals surface area contributed by atoms with E-state index in [0.717, 1.165) is 66.8 Å². The number of fused-ring (bicyclic) bond motifs is 13. The molecule has 0 saturated carbocycles. The number of rotatable bonds is 3. The zero-order valence-corrected chi connectivity index (χ0v) is 25.7. The van der Waals surface area contributed by atoms with Gasteiger partial charge in [-0.25, -0.2) is 4.98 Å². The minimum atomic E-state index is 0.889. The normalized spacial score (nSPS) is 12.2. The number of furan rings is 1. The highest BCUT2D eigenvalue weighted by molar-refractivity contribution is 6.39. The van der Waals surface area contributed by atoms with Crippen LogP contribution >= 0.6 is 0 Å². The van der Waals surface area contributed by atoms with Crippen LogP contribution in [0.4, 0.5) is 0 Å². The van der Waals surface area contributed by atoms with E-state index in [1.54, 1.807) is 0 Å². The topological polar surface area (TPSA) is 40.3 Å². The second-order valence-corrected chi connectivity index (χ2v) is 12.4. The van der Waals surface area contributed by atoms with Crippen LogP contribution in [0.15, 0.2) is 162 Å². The second-order valence-electron chi connectivity index (χ2n) is 12.4. The molecule has 224 valence electrons. The van der Waals surface area contributed by atoms with E-state index in [9.17, 15) is 0 Å². The molecule has 11 aromatic rings. The highest BCUT2D eigenvalue weighted by atomic mass is 16.3. The van der Waals surface area contributed by atoms with Crippen molar-refractivity contribution in [3.05, 3.63) is 158 Å². The summed E-state index contributed by atoms with van der Waals surface area (Å²) < 4.78 is 13.8. The molecule has 0 saturated heterocycles. The molecule has 0 spiro atoms. The molecule has 0 unspecified atom stereocenters. The highest BCUT2D eigenvalue weighted by Crippen LogP contribution is 2.49. The molecule has 5 aromatic heterocycles. The Morgan fingerprint density at radius 3 is 1.88 bits per heavy atom. The van der Waals surface area contributed by atoms with Gasteiger partial charge in [-0.1, -0.05) is 91.0 Å². The summed E-state index contributed by atoms with van der Waals surface area (Å²) in [6.07, 6.45) is 4.13. The number of hydrogen-bond acceptors (Lipinski definition) is 2. The number of nitrogens with zero attached hydrogens (tertiary/aromatic N) is 4. The van der Waals surface area contributed by atoms with E-state index in [1.807, 2.05) is 24.4 Å². The monoisotopic (exact) mass is 614 g/mol. The number of para-hydroxylation sites is 4. The summed E-state index contributed by atoms with van der Waals surface area (Å²) in [4.78, 5) is 4.88. The van der Waals surface area contributed by atoms with Crippen LogP contribution in [-0.4, -0.2) is 18.5 Å². The van der Waals surface area contributed by atoms with Crippen LogP contribution < -0.4 is 0 Å². The summed E-state index contributed by atoms with van der Waals surface area (Å²) in [7, 11) is 0. The Morgan fingerprint density at radius 2 is 1.10 bits per heavy atom. The lowest BCUT2D eigenvalue weighted by Gasteiger charge is -2.11. The molecule has 0 aliphatic rings. The SMILES string of the molecule is c1ccc(-n2c3ccccc3c3c2c2oc4ccccc4c2c2c4ccccc4n(-c4ccc(-c5cn6ccccc6n5)cc4)c23)cc1. The smallest absolute Gasteiger partial charge is 0.160 e. The summed E-state index contributed by atoms with van der Waals surface area (Å²) in [5.41, 5.74) is 11.5. The van der Waals surface area contributed by atoms with Gasteiger partial charge in [0.25, 0.3) is 0 Å². The number of aromatic nitrogens is 4. The Bertz CT molecular complexity index is 3010. The first-order chi connectivity index (χ1) is 23.8. The molecule has 48 heavy (non-hydrogen) atoms. The number of imidazole rings is 1. The van der Waals surface area contributed by atoms with E-state index in [1.165, 1.54) is 27.1 Å². The van der Waals surface area contributed by atoms with E-state index in [-0.39, 0.29) is 0 Å². The molecule has 5 heterocycles. The van der Waals surface area contributed by atoms with E-state index < -0.39 is 0 Å². The van der Waals surface area contributed by atoms with Crippen molar-refractivity contribution in [2.45, 2.75) is 0 Å². The molecular weight excluding hydrogens is 589 g/mol. The van der Waals surface area contributed by atoms with E-state index >= 15 is 0 Å². The molecule has 0 N–H and O–H groups in total. The third-order valence-corrected chi connectivity index (χ3v) is 9.85. The molecule has 5 nitrogen and oxygen atoms in total. The van der Waals surface area contributed by atoms with E-state index in [4.69, 9.17) is 9.40 Å². The van der Waals surface area contributed by atoms with Crippen LogP contribution in [0.2, 0.25) is 0 Å². The predicted octanol–water partition coefficient (Wildman–Crippen LogP) is 11.1. The van der Waals surface area contributed by atoms with Crippen molar-refractivity contribution >= 4 is 71.2 Å². The Labute approximate surface area is 274 Å². The van der Waals surface area contributed by atoms with Crippen molar-refractivity contribution in [1.29, 1.82) is 0 Å². The molecule has 6 aromatic carbocycles. The summed E-state index contributed by atoms with van der Waals surface area (Å²) >= 11 is 0. The van der Waals surface area contributed by atoms with Gasteiger partial charge < -0.3 is 18.0 Å². The van der Waals surface area contributed by atoms with Crippen molar-refractivity contribution < 1.29 is 4.42 Å². The fraction of sp³-hybridized carbons (Fsp3) is 0. The average Bonchev–Trinajstić information content (AvgIpc) is 3.91. The third kappa shape index (κ3) is 3.37. The fourth-order valence-electron chi connectivity index (χ4n) is 7.85. The van der Waals surface area contributed by atoms with Gasteiger partial charge in [-0.3, -0.25) is 0 Å². The van der Waals surface area contributed by atoms with Crippen molar-refractivity contribution in [2.24, 2.45) is 0 Å². The first kappa shape index (κ1) is 25.6. The molecule has 0 bridgehead atoms. The largest absolute Gasteiger partial charge is 0.454 e. The van der Waals surface area contributed by atoms with Crippen LogP contribution in [0.1, 0.15) is 0 Å². The molecule has 0 fully saturated rings. The molecule has 11 rings (SSSR count). The van der Waals surface area contributed by atoms with Crippen LogP contribution in [0.25, 0.3) is 93.8 Å². The van der Waals surface area contributed by atoms with Gasteiger partial charge in [0.15, 0.2) is 5.58 Å². The Morgan fingerprint density at radius 1 is 0.479 bits per heavy atom. The van der Waals surface area contributed by atoms with E-state index in [0.29, 0.717) is 0 Å². The molecule has 0 radical (unpaired) electrons. The lowest BCUT2D eigenvalue weighted by atomic mass is 10.0. The Hall–Kier alpha value is -6.59. The molecule has 0 aliphatic carbocycles. The summed E-state index contributed by atoms with van der Waals surface area (Å²) in [6.45, 7) is 0. The summed E-state index contributed by atoms with van der Waals surface area (Å²) in [5.74, 6) is 0. The van der Waals surface area contributed by atoms with Crippen LogP contribution in [0.5, 0.6) is 0 Å². The van der Waals surface area contributed by atoms with Crippen LogP contribution in [0, 0.1) is 0 Å². The molecular formula is C43H26N4O. The van der Waals surface area contributed by atoms with Gasteiger partial charge in [0.1, 0.15) is 11.2 Å². The lowest BCUT2D eigenvalue weighted by Crippen LogP contribution is -1.96. The predicted molar refractivity (Wildman–Crippen MR) is 197 cm³/mol. The van der Waals surface area contributed by atoms with Crippen molar-refractivity contribution in [3.63, 3.8) is 0 Å². The van der Waals surface area contributed by atoms with Gasteiger partial charge in [-0.15, -0.1) is 0 Å². The number of hydrogen-bond donors (Lipinski definition) is 0. The summed E-state index contributed by atoms with van der Waals surface area (Å²) in [5, 5.41) is 7.04. The van der Waals surface area contributed by atoms with Gasteiger partial charge >= 0.3 is 0 Å². The third-order valence-electron chi connectivity index (χ3n) is 9.85. The second kappa shape index (κ2) is 9.47. The minimum Gasteiger partial charge on any atom is -0.454 e. The maximum absolute atomic E-state index is 6.88. The molecule has 0 amide bonds. The first-order valence-electron chi connectivity index (χ1n) is 16.2. The Balaban J connectivity index is 1.33. The van der Waals surface area contributed by atoms with Gasteiger partial charge in [0.2, 0.25) is 0 Å². The highest BCUT2D eigenvalue weighted by Gasteiger charge is 2.27. The number of pyridine rings is 1. The standard InChI is InChI=1S/C43H26N4O/c1-2-12-28(13-3-1)47-35-18-8-5-15-31(35)40-41-38(39-32-16-6-9-19-36(32)48-43(39)42(40)47)30-14-4-7-17-34(30)46(41)29-23-21-27(22-24-29)33-26-45-25-11-10-20-37(45)44-33/h1-26H. The van der Waals surface area contributed by atoms with E-state index in [2.05, 4.69) is 147 Å². The van der Waals surface area contributed by atoms with Crippen molar-refractivity contribution in [2.75, 3.05) is 0 Å². The molecule has 0 atom stereocenters. The maximum atomic E-state index is 6.88. The van der Waals surface area contributed by atoms with Crippen molar-refractivity contribution in [3.8, 4) is 22.6 Å². The quantitative estimate of drug-likeness (QED) is 0.199. The van der Waals surface area contributed by atoms with Crippen LogP contribution in [0.3, 0.4) is 0 Å². The summed E-state index contributed by atoms with van der Waals surface area (Å²) in [6, 6.07) is 51.5. The van der Waals surface area contributed by atoms with Gasteiger partial charge in [-0.2, -0.15) is 0 Å². The fourth-order valence-corrected chi connectivity index (χ4v) is 7.85. The van der Waals surface area contributed by atoms with Gasteiger partial charge in [-0.05, 0) is 54.6 Å². The average molecular weight is 615 g/mol. The minimum absolute atomic E-state index is 0.889. The zero-order valence-electron chi connectivity index (χ0n) is 25.7. The van der Waals surface area contributed by atoms with Crippen LogP contribution in [-0.2, 0) is 0 Å². The first-order valence-corrected chi connectivity index (χ1v) is 16.2. The Kier molecular flexibility index (Phi) is 5.05. The zero-order chi connectivity index (χ0) is 31.3. The number of benzene rings is 6. The van der Waals surface area contributed by atoms with Crippen molar-refractivity contribution in [1.82, 2.24) is 18.5 Å². The lowest BCUT2D eigenvalue weighted by molar-refractivity contribution is 0.671. The maximum Gasteiger partial charge on any atom is 0.160 e. The van der Waals surface area contributed by atoms with Gasteiger partial charge in [0.05, 0.1) is 27.8 Å².